The van der Waals surface area contributed by atoms with Crippen molar-refractivity contribution in [1.82, 2.24) is 19.1 Å². The van der Waals surface area contributed by atoms with Gasteiger partial charge in [-0.1, -0.05) is 260 Å². The third kappa shape index (κ3) is 9.40. The van der Waals surface area contributed by atoms with Crippen LogP contribution < -0.4 is 30.4 Å². The monoisotopic (exact) mass is 1320 g/mol. The van der Waals surface area contributed by atoms with Crippen LogP contribution in [0.2, 0.25) is 0 Å². The van der Waals surface area contributed by atoms with Crippen molar-refractivity contribution in [3.8, 4) is 28.4 Å². The van der Waals surface area contributed by atoms with E-state index in [1.54, 1.807) is 0 Å². The average molecular weight is 1320 g/mol. The van der Waals surface area contributed by atoms with Crippen LogP contribution in [0.15, 0.2) is 261 Å². The van der Waals surface area contributed by atoms with E-state index in [4.69, 9.17) is 14.7 Å². The van der Waals surface area contributed by atoms with Gasteiger partial charge in [0.2, 0.25) is 0 Å². The number of benzene rings is 10. The molecule has 0 spiro atoms. The van der Waals surface area contributed by atoms with Crippen molar-refractivity contribution in [3.05, 3.63) is 291 Å². The van der Waals surface area contributed by atoms with Crippen molar-refractivity contribution >= 4 is 105 Å². The summed E-state index contributed by atoms with van der Waals surface area (Å²) in [6, 6.07) is 98.7. The van der Waals surface area contributed by atoms with E-state index in [-0.39, 0.29) is 31.9 Å². The Balaban J connectivity index is 0.00000667. The van der Waals surface area contributed by atoms with Crippen LogP contribution in [-0.4, -0.2) is 27.2 Å². The van der Waals surface area contributed by atoms with Crippen molar-refractivity contribution in [3.63, 3.8) is 0 Å². The van der Waals surface area contributed by atoms with E-state index in [9.17, 15) is 0 Å². The maximum absolute atomic E-state index is 6.84. The molecule has 1 aliphatic heterocycles. The van der Waals surface area contributed by atoms with Gasteiger partial charge in [-0.15, -0.1) is 17.5 Å². The molecule has 14 aromatic rings. The molecule has 0 unspecified atom stereocenters. The summed E-state index contributed by atoms with van der Waals surface area (Å²) in [5.74, 6) is 2.50. The standard InChI is InChI=1S/C79H62N5OSi.Pt/c1-78(2,3)54-42-44-81-75(49-54)84-71-38-21-20-34-67(71)68-41-40-56(50-73(68)84)85-57-43-45-80-74(51-57)82-52-83-76-62(35-22-36-69(76)65-32-18-16-30-63(65)64-31-17-19-33-66(64)70-37-23-39-72(82)77(70)83)53-46-55(79(4,5)6)48-61(47-53)86(58-24-10-7-11-25-58,59-26-12-8-13-27-59)60-28-14-9-15-29-60;/h7-49,52H,1-6H3;/q-3;. The second kappa shape index (κ2) is 21.8. The van der Waals surface area contributed by atoms with E-state index < -0.39 is 8.07 Å². The summed E-state index contributed by atoms with van der Waals surface area (Å²) >= 11 is 0. The first-order valence-electron chi connectivity index (χ1n) is 29.6. The minimum Gasteiger partial charge on any atom is -0.521 e. The summed E-state index contributed by atoms with van der Waals surface area (Å²) < 4.78 is 11.5. The van der Waals surface area contributed by atoms with Crippen LogP contribution >= 0.6 is 0 Å². The molecule has 0 N–H and O–H groups in total. The number of ether oxygens (including phenoxy) is 1. The largest absolute Gasteiger partial charge is 0.521 e. The fourth-order valence-corrected chi connectivity index (χ4v) is 18.1. The molecule has 6 nitrogen and oxygen atoms in total. The quantitative estimate of drug-likeness (QED) is 0.0821. The summed E-state index contributed by atoms with van der Waals surface area (Å²) in [5.41, 5.74) is 9.50. The van der Waals surface area contributed by atoms with Gasteiger partial charge in [0, 0.05) is 50.0 Å². The summed E-state index contributed by atoms with van der Waals surface area (Å²) in [7, 11) is -3.01. The smallest absolute Gasteiger partial charge is 0.179 e. The number of pyridine rings is 2. The van der Waals surface area contributed by atoms with E-state index in [1.807, 2.05) is 24.5 Å². The molecule has 0 aliphatic carbocycles. The SMILES string of the molecule is CC(C)(C)c1cc(-c2cccc3c4ccccc4c4ccccc4c4cccc5c4n(c23)[CH-]N5c2[c-]c(Oc3[c-]c4c(cc3)c3ccccc3n4-c3cc(C(C)(C)C)ccn3)ccn2)cc([Si](c2ccccc2)(c2ccccc2)c2ccccc2)c1.[Pt]. The number of nitrogens with zero attached hydrogens (tertiary/aromatic N) is 5. The van der Waals surface area contributed by atoms with Gasteiger partial charge in [0.1, 0.15) is 5.82 Å². The number of anilines is 2. The second-order valence-electron chi connectivity index (χ2n) is 24.7. The van der Waals surface area contributed by atoms with Crippen LogP contribution in [0, 0.1) is 18.8 Å². The van der Waals surface area contributed by atoms with Crippen LogP contribution in [0.5, 0.6) is 11.5 Å². The third-order valence-corrected chi connectivity index (χ3v) is 22.2. The molecule has 0 saturated heterocycles. The first-order chi connectivity index (χ1) is 41.9. The molecule has 0 bridgehead atoms. The van der Waals surface area contributed by atoms with Crippen molar-refractivity contribution in [1.29, 1.82) is 0 Å². The number of aromatic nitrogens is 4. The molecule has 1 aliphatic rings. The van der Waals surface area contributed by atoms with Gasteiger partial charge in [0.05, 0.1) is 0 Å². The second-order valence-corrected chi connectivity index (χ2v) is 28.5. The van der Waals surface area contributed by atoms with Crippen LogP contribution in [0.3, 0.4) is 0 Å². The Morgan fingerprint density at radius 1 is 0.425 bits per heavy atom. The van der Waals surface area contributed by atoms with Gasteiger partial charge < -0.3 is 18.8 Å². The Bertz CT molecular complexity index is 4950. The molecule has 426 valence electrons. The van der Waals surface area contributed by atoms with Gasteiger partial charge in [-0.05, 0) is 139 Å². The van der Waals surface area contributed by atoms with E-state index in [0.717, 1.165) is 77.0 Å². The first kappa shape index (κ1) is 55.4. The van der Waals surface area contributed by atoms with Gasteiger partial charge in [-0.3, -0.25) is 4.98 Å². The predicted molar refractivity (Wildman–Crippen MR) is 361 cm³/mol. The summed E-state index contributed by atoms with van der Waals surface area (Å²) in [6.45, 7) is 15.9. The normalized spacial score (nSPS) is 12.5. The number of fused-ring (bicyclic) bond motifs is 10. The Morgan fingerprint density at radius 3 is 1.57 bits per heavy atom. The van der Waals surface area contributed by atoms with Crippen molar-refractivity contribution in [2.75, 3.05) is 4.90 Å². The zero-order valence-electron chi connectivity index (χ0n) is 49.4. The van der Waals surface area contributed by atoms with Crippen molar-refractivity contribution in [2.45, 2.75) is 52.4 Å². The van der Waals surface area contributed by atoms with Crippen LogP contribution in [0.25, 0.3) is 82.1 Å². The number of para-hydroxylation sites is 3. The number of hydrogen-bond acceptors (Lipinski definition) is 4. The molecule has 0 radical (unpaired) electrons. The average Bonchev–Trinajstić information content (AvgIpc) is 1.94. The van der Waals surface area contributed by atoms with E-state index in [2.05, 4.69) is 311 Å². The molecule has 10 aromatic carbocycles. The topological polar surface area (TPSA) is 48.1 Å². The Labute approximate surface area is 523 Å². The third-order valence-electron chi connectivity index (χ3n) is 17.4. The fourth-order valence-electron chi connectivity index (χ4n) is 13.3. The van der Waals surface area contributed by atoms with Gasteiger partial charge in [0.15, 0.2) is 8.07 Å². The fraction of sp³-hybridized carbons (Fsp3) is 0.101. The van der Waals surface area contributed by atoms with E-state index in [0.29, 0.717) is 17.3 Å². The first-order valence-corrected chi connectivity index (χ1v) is 31.6. The maximum atomic E-state index is 6.84. The van der Waals surface area contributed by atoms with Crippen molar-refractivity contribution in [2.24, 2.45) is 0 Å². The molecule has 8 heteroatoms. The molecule has 5 heterocycles. The molecule has 87 heavy (non-hydrogen) atoms. The number of hydrogen-bond donors (Lipinski definition) is 0. The Hall–Kier alpha value is -9.52. The summed E-state index contributed by atoms with van der Waals surface area (Å²) in [6.07, 6.45) is 3.72. The predicted octanol–water partition coefficient (Wildman–Crippen LogP) is 17.3. The van der Waals surface area contributed by atoms with Crippen LogP contribution in [-0.2, 0) is 31.9 Å². The molecular weight excluding hydrogens is 1260 g/mol. The molecule has 15 rings (SSSR count). The molecular formula is C79H62N5OPtSi-3. The minimum absolute atomic E-state index is 0. The van der Waals surface area contributed by atoms with Gasteiger partial charge >= 0.3 is 0 Å². The molecule has 0 amide bonds. The van der Waals surface area contributed by atoms with Crippen LogP contribution in [0.1, 0.15) is 52.7 Å². The van der Waals surface area contributed by atoms with E-state index in [1.165, 1.54) is 42.6 Å². The summed E-state index contributed by atoms with van der Waals surface area (Å²) in [5, 5.41) is 14.4. The zero-order chi connectivity index (χ0) is 58.3. The van der Waals surface area contributed by atoms with Gasteiger partial charge in [-0.25, -0.2) is 4.98 Å². The molecule has 0 fully saturated rings. The Kier molecular flexibility index (Phi) is 13.8. The van der Waals surface area contributed by atoms with Gasteiger partial charge in [-0.2, -0.15) is 18.2 Å². The number of rotatable bonds is 9. The minimum atomic E-state index is -3.01. The molecule has 0 atom stereocenters. The maximum Gasteiger partial charge on any atom is 0.179 e. The van der Waals surface area contributed by atoms with E-state index >= 15 is 0 Å². The van der Waals surface area contributed by atoms with Crippen molar-refractivity contribution < 1.29 is 25.8 Å². The molecule has 4 aromatic heterocycles. The zero-order valence-corrected chi connectivity index (χ0v) is 52.6. The Morgan fingerprint density at radius 2 is 0.954 bits per heavy atom. The summed E-state index contributed by atoms with van der Waals surface area (Å²) in [4.78, 5) is 12.2. The van der Waals surface area contributed by atoms with Gasteiger partial charge in [0.25, 0.3) is 0 Å². The molecule has 0 saturated carbocycles. The van der Waals surface area contributed by atoms with Crippen LogP contribution in [0.4, 0.5) is 11.5 Å².